The average molecular weight is 376 g/mol. The van der Waals surface area contributed by atoms with Crippen molar-refractivity contribution in [2.24, 2.45) is 0 Å². The number of rotatable bonds is 2. The number of hydrogen-bond donors (Lipinski definition) is 2. The Morgan fingerprint density at radius 2 is 1.57 bits per heavy atom. The first-order valence-corrected chi connectivity index (χ1v) is 9.29. The van der Waals surface area contributed by atoms with Gasteiger partial charge in [0.15, 0.2) is 0 Å². The van der Waals surface area contributed by atoms with Gasteiger partial charge in [-0.3, -0.25) is 4.79 Å². The zero-order valence-electron chi connectivity index (χ0n) is 16.6. The van der Waals surface area contributed by atoms with Gasteiger partial charge in [-0.25, -0.2) is 4.79 Å². The van der Waals surface area contributed by atoms with Gasteiger partial charge in [-0.05, 0) is 65.0 Å². The second-order valence-corrected chi connectivity index (χ2v) is 8.64. The van der Waals surface area contributed by atoms with Crippen LogP contribution in [0.4, 0.5) is 0 Å². The Morgan fingerprint density at radius 3 is 2.18 bits per heavy atom. The molecule has 144 valence electrons. The average Bonchev–Trinajstić information content (AvgIpc) is 2.63. The molecule has 4 heteroatoms. The van der Waals surface area contributed by atoms with Gasteiger partial charge >= 0.3 is 5.97 Å². The zero-order chi connectivity index (χ0) is 20.7. The lowest BCUT2D eigenvalue weighted by Crippen LogP contribution is -2.34. The molecule has 0 aromatic heterocycles. The van der Waals surface area contributed by atoms with Gasteiger partial charge in [0.25, 0.3) is 0 Å². The van der Waals surface area contributed by atoms with E-state index in [1.165, 1.54) is 29.3 Å². The molecule has 0 amide bonds. The third kappa shape index (κ3) is 3.66. The predicted octanol–water partition coefficient (Wildman–Crippen LogP) is 4.67. The monoisotopic (exact) mass is 376 g/mol. The van der Waals surface area contributed by atoms with Crippen LogP contribution in [0.3, 0.4) is 0 Å². The fourth-order valence-corrected chi connectivity index (χ4v) is 3.72. The van der Waals surface area contributed by atoms with Gasteiger partial charge in [0.1, 0.15) is 11.3 Å². The molecule has 2 aromatic carbocycles. The molecule has 0 aliphatic heterocycles. The Balaban J connectivity index is 1.92. The Morgan fingerprint density at radius 1 is 0.929 bits per heavy atom. The SMILES string of the molecule is CC1(C)CCC(C)(C)c2cc(C(=O)C#Cc3ccc(C(=O)O)c(O)c3)ccc21. The number of carbonyl (C=O) groups is 2. The Bertz CT molecular complexity index is 1030. The lowest BCUT2D eigenvalue weighted by atomic mass is 9.63. The number of hydrogen-bond acceptors (Lipinski definition) is 3. The van der Waals surface area contributed by atoms with Crippen LogP contribution < -0.4 is 0 Å². The molecule has 1 aliphatic rings. The van der Waals surface area contributed by atoms with Crippen LogP contribution in [0.25, 0.3) is 0 Å². The number of carbonyl (C=O) groups excluding carboxylic acids is 1. The topological polar surface area (TPSA) is 74.6 Å². The second-order valence-electron chi connectivity index (χ2n) is 8.64. The molecular weight excluding hydrogens is 352 g/mol. The summed E-state index contributed by atoms with van der Waals surface area (Å²) < 4.78 is 0. The first kappa shape index (κ1) is 19.7. The Hall–Kier alpha value is -3.06. The molecule has 0 unspecified atom stereocenters. The largest absolute Gasteiger partial charge is 0.507 e. The normalized spacial score (nSPS) is 16.4. The summed E-state index contributed by atoms with van der Waals surface area (Å²) in [5.74, 6) is 3.43. The van der Waals surface area contributed by atoms with Crippen molar-refractivity contribution in [2.75, 3.05) is 0 Å². The van der Waals surface area contributed by atoms with Gasteiger partial charge in [0, 0.05) is 11.1 Å². The van der Waals surface area contributed by atoms with E-state index >= 15 is 0 Å². The Labute approximate surface area is 165 Å². The van der Waals surface area contributed by atoms with E-state index < -0.39 is 5.97 Å². The van der Waals surface area contributed by atoms with Crippen molar-refractivity contribution in [2.45, 2.75) is 51.4 Å². The van der Waals surface area contributed by atoms with Crippen LogP contribution in [0.2, 0.25) is 0 Å². The van der Waals surface area contributed by atoms with Gasteiger partial charge in [-0.2, -0.15) is 0 Å². The summed E-state index contributed by atoms with van der Waals surface area (Å²) in [5, 5.41) is 18.7. The highest BCUT2D eigenvalue weighted by Crippen LogP contribution is 2.45. The number of carboxylic acids is 1. The van der Waals surface area contributed by atoms with E-state index in [0.29, 0.717) is 11.1 Å². The quantitative estimate of drug-likeness (QED) is 0.590. The number of Topliss-reactive ketones (excluding diaryl/α,β-unsaturated/α-hetero) is 1. The van der Waals surface area contributed by atoms with Crippen LogP contribution in [0.15, 0.2) is 36.4 Å². The maximum Gasteiger partial charge on any atom is 0.339 e. The highest BCUT2D eigenvalue weighted by molar-refractivity contribution is 6.09. The standard InChI is InChI=1S/C24H24O4/c1-23(2)11-12-24(3,4)19-14-16(7-9-18(19)23)20(25)10-6-15-5-8-17(22(27)28)21(26)13-15/h5,7-9,13-14,26H,11-12H2,1-4H3,(H,27,28). The van der Waals surface area contributed by atoms with Crippen molar-refractivity contribution in [3.05, 3.63) is 64.2 Å². The summed E-state index contributed by atoms with van der Waals surface area (Å²) in [6.07, 6.45) is 2.17. The molecule has 0 radical (unpaired) electrons. The minimum atomic E-state index is -1.22. The van der Waals surface area contributed by atoms with Gasteiger partial charge in [-0.15, -0.1) is 0 Å². The minimum absolute atomic E-state index is 0.00697. The molecule has 28 heavy (non-hydrogen) atoms. The van der Waals surface area contributed by atoms with Crippen molar-refractivity contribution >= 4 is 11.8 Å². The molecular formula is C24H24O4. The summed E-state index contributed by atoms with van der Waals surface area (Å²) in [6, 6.07) is 9.82. The summed E-state index contributed by atoms with van der Waals surface area (Å²) >= 11 is 0. The smallest absolute Gasteiger partial charge is 0.339 e. The van der Waals surface area contributed by atoms with Crippen molar-refractivity contribution in [3.8, 4) is 17.6 Å². The molecule has 0 fully saturated rings. The van der Waals surface area contributed by atoms with E-state index in [0.717, 1.165) is 12.8 Å². The van der Waals surface area contributed by atoms with Gasteiger partial charge in [-0.1, -0.05) is 45.7 Å². The molecule has 2 N–H and O–H groups in total. The minimum Gasteiger partial charge on any atom is -0.507 e. The first-order chi connectivity index (χ1) is 13.0. The van der Waals surface area contributed by atoms with E-state index in [1.807, 2.05) is 18.2 Å². The molecule has 0 spiro atoms. The molecule has 2 aromatic rings. The van der Waals surface area contributed by atoms with Crippen molar-refractivity contribution in [3.63, 3.8) is 0 Å². The maximum absolute atomic E-state index is 12.6. The molecule has 0 saturated carbocycles. The molecule has 0 atom stereocenters. The van der Waals surface area contributed by atoms with Gasteiger partial charge in [0.05, 0.1) is 0 Å². The fourth-order valence-electron chi connectivity index (χ4n) is 3.72. The van der Waals surface area contributed by atoms with E-state index in [4.69, 9.17) is 5.11 Å². The number of fused-ring (bicyclic) bond motifs is 1. The third-order valence-electron chi connectivity index (χ3n) is 5.66. The van der Waals surface area contributed by atoms with E-state index in [1.54, 1.807) is 0 Å². The number of aromatic hydroxyl groups is 1. The lowest BCUT2D eigenvalue weighted by molar-refractivity contribution is 0.0693. The van der Waals surface area contributed by atoms with E-state index in [-0.39, 0.29) is 27.9 Å². The summed E-state index contributed by atoms with van der Waals surface area (Å²) in [5.41, 5.74) is 3.30. The van der Waals surface area contributed by atoms with Crippen LogP contribution in [0.5, 0.6) is 5.75 Å². The van der Waals surface area contributed by atoms with E-state index in [9.17, 15) is 14.7 Å². The number of phenols is 1. The van der Waals surface area contributed by atoms with Crippen molar-refractivity contribution in [1.82, 2.24) is 0 Å². The highest BCUT2D eigenvalue weighted by atomic mass is 16.4. The molecule has 0 saturated heterocycles. The summed E-state index contributed by atoms with van der Waals surface area (Å²) in [4.78, 5) is 23.6. The number of benzene rings is 2. The van der Waals surface area contributed by atoms with Crippen LogP contribution in [0.1, 0.15) is 77.9 Å². The number of aromatic carboxylic acids is 1. The first-order valence-electron chi connectivity index (χ1n) is 9.29. The lowest BCUT2D eigenvalue weighted by Gasteiger charge is -2.42. The number of carboxylic acid groups (broad SMARTS) is 1. The van der Waals surface area contributed by atoms with Gasteiger partial charge in [0.2, 0.25) is 5.78 Å². The number of ketones is 1. The van der Waals surface area contributed by atoms with E-state index in [2.05, 4.69) is 39.5 Å². The van der Waals surface area contributed by atoms with Crippen molar-refractivity contribution < 1.29 is 19.8 Å². The summed E-state index contributed by atoms with van der Waals surface area (Å²) in [6.45, 7) is 8.87. The predicted molar refractivity (Wildman–Crippen MR) is 108 cm³/mol. The summed E-state index contributed by atoms with van der Waals surface area (Å²) in [7, 11) is 0. The van der Waals surface area contributed by atoms with Crippen LogP contribution >= 0.6 is 0 Å². The van der Waals surface area contributed by atoms with Crippen molar-refractivity contribution in [1.29, 1.82) is 0 Å². The zero-order valence-corrected chi connectivity index (χ0v) is 16.6. The third-order valence-corrected chi connectivity index (χ3v) is 5.66. The molecule has 3 rings (SSSR count). The molecule has 0 heterocycles. The van der Waals surface area contributed by atoms with Gasteiger partial charge < -0.3 is 10.2 Å². The highest BCUT2D eigenvalue weighted by Gasteiger charge is 2.37. The molecule has 1 aliphatic carbocycles. The molecule has 4 nitrogen and oxygen atoms in total. The molecule has 0 bridgehead atoms. The van der Waals surface area contributed by atoms with Crippen LogP contribution in [-0.4, -0.2) is 22.0 Å². The van der Waals surface area contributed by atoms with Crippen LogP contribution in [-0.2, 0) is 10.8 Å². The second kappa shape index (κ2) is 6.83. The maximum atomic E-state index is 12.6. The Kier molecular flexibility index (Phi) is 4.81. The fraction of sp³-hybridized carbons (Fsp3) is 0.333. The van der Waals surface area contributed by atoms with Crippen LogP contribution in [0, 0.1) is 11.8 Å².